The van der Waals surface area contributed by atoms with Crippen LogP contribution in [-0.2, 0) is 14.0 Å². The summed E-state index contributed by atoms with van der Waals surface area (Å²) in [4.78, 5) is 12.6. The highest BCUT2D eigenvalue weighted by Gasteiger charge is 2.52. The van der Waals surface area contributed by atoms with Crippen molar-refractivity contribution >= 4 is 18.6 Å². The van der Waals surface area contributed by atoms with Crippen molar-refractivity contribution in [1.82, 2.24) is 0 Å². The Bertz CT molecular complexity index is 615. The zero-order chi connectivity index (χ0) is 18.3. The molecule has 0 N–H and O–H groups in total. The van der Waals surface area contributed by atoms with Gasteiger partial charge < -0.3 is 18.8 Å². The third-order valence-electron chi connectivity index (χ3n) is 4.39. The fourth-order valence-electron chi connectivity index (χ4n) is 2.35. The quantitative estimate of drug-likeness (QED) is 0.628. The Hall–Kier alpha value is -1.53. The zero-order valence-electron chi connectivity index (χ0n) is 15.9. The molecule has 5 nitrogen and oxygen atoms in total. The number of carbonyl (C=O) groups is 1. The molecule has 1 aromatic rings. The first-order chi connectivity index (χ1) is 10.9. The van der Waals surface area contributed by atoms with Gasteiger partial charge in [-0.2, -0.15) is 0 Å². The first kappa shape index (κ1) is 18.8. The van der Waals surface area contributed by atoms with Crippen LogP contribution in [0.1, 0.15) is 58.8 Å². The molecule has 0 bridgehead atoms. The third kappa shape index (κ3) is 3.76. The van der Waals surface area contributed by atoms with Crippen LogP contribution in [0.25, 0.3) is 0 Å². The summed E-state index contributed by atoms with van der Waals surface area (Å²) in [7, 11) is 0.922. The second-order valence-corrected chi connectivity index (χ2v) is 8.04. The van der Waals surface area contributed by atoms with Crippen molar-refractivity contribution in [2.24, 2.45) is 0 Å². The lowest BCUT2D eigenvalue weighted by atomic mass is 9.76. The summed E-state index contributed by atoms with van der Waals surface area (Å²) in [5.74, 6) is 0.155. The van der Waals surface area contributed by atoms with Crippen LogP contribution in [0.15, 0.2) is 18.2 Å². The second kappa shape index (κ2) is 6.08. The summed E-state index contributed by atoms with van der Waals surface area (Å²) < 4.78 is 22.9. The third-order valence-corrected chi connectivity index (χ3v) is 4.39. The number of methoxy groups -OCH3 is 1. The van der Waals surface area contributed by atoms with E-state index in [-0.39, 0.29) is 0 Å². The molecule has 0 amide bonds. The minimum absolute atomic E-state index is 0.391. The van der Waals surface area contributed by atoms with Gasteiger partial charge in [0, 0.05) is 0 Å². The van der Waals surface area contributed by atoms with Gasteiger partial charge in [0.05, 0.1) is 23.9 Å². The van der Waals surface area contributed by atoms with E-state index in [1.165, 1.54) is 0 Å². The van der Waals surface area contributed by atoms with Crippen LogP contribution in [0.4, 0.5) is 0 Å². The monoisotopic (exact) mass is 334 g/mol. The average molecular weight is 334 g/mol. The van der Waals surface area contributed by atoms with Gasteiger partial charge in [0.1, 0.15) is 11.4 Å². The minimum atomic E-state index is -0.636. The predicted octanol–water partition coefficient (Wildman–Crippen LogP) is 2.95. The molecule has 0 saturated carbocycles. The average Bonchev–Trinajstić information content (AvgIpc) is 2.64. The van der Waals surface area contributed by atoms with E-state index >= 15 is 0 Å². The van der Waals surface area contributed by atoms with E-state index < -0.39 is 29.9 Å². The number of benzene rings is 1. The highest BCUT2D eigenvalue weighted by atomic mass is 16.7. The number of esters is 1. The molecule has 1 aliphatic heterocycles. The van der Waals surface area contributed by atoms with Gasteiger partial charge in [-0.15, -0.1) is 0 Å². The van der Waals surface area contributed by atoms with Crippen LogP contribution >= 0.6 is 0 Å². The lowest BCUT2D eigenvalue weighted by Gasteiger charge is -2.32. The Morgan fingerprint density at radius 3 is 2.08 bits per heavy atom. The lowest BCUT2D eigenvalue weighted by Crippen LogP contribution is -2.41. The minimum Gasteiger partial charge on any atom is -0.497 e. The molecule has 0 aliphatic carbocycles. The molecule has 1 fully saturated rings. The van der Waals surface area contributed by atoms with Crippen LogP contribution in [0, 0.1) is 0 Å². The molecule has 2 rings (SSSR count). The largest absolute Gasteiger partial charge is 0.497 e. The summed E-state index contributed by atoms with van der Waals surface area (Å²) in [5.41, 5.74) is -0.523. The molecule has 24 heavy (non-hydrogen) atoms. The maximum absolute atomic E-state index is 12.6. The van der Waals surface area contributed by atoms with Crippen LogP contribution in [0.3, 0.4) is 0 Å². The van der Waals surface area contributed by atoms with E-state index in [0.717, 1.165) is 0 Å². The SMILES string of the molecule is COc1ccc(B2OC(C)(C)C(C)(C)O2)c(C(=O)OC(C)(C)C)c1. The highest BCUT2D eigenvalue weighted by molar-refractivity contribution is 6.63. The molecule has 0 unspecified atom stereocenters. The standard InChI is InChI=1S/C18H27BO5/c1-16(2,3)22-15(20)13-11-12(21-8)9-10-14(13)19-23-17(4,5)18(6,7)24-19/h9-11H,1-8H3. The van der Waals surface area contributed by atoms with Gasteiger partial charge in [0.2, 0.25) is 0 Å². The van der Waals surface area contributed by atoms with Crippen molar-refractivity contribution in [2.45, 2.75) is 65.3 Å². The van der Waals surface area contributed by atoms with E-state index in [4.69, 9.17) is 18.8 Å². The molecular formula is C18H27BO5. The van der Waals surface area contributed by atoms with Crippen molar-refractivity contribution in [3.63, 3.8) is 0 Å². The molecule has 1 aliphatic rings. The van der Waals surface area contributed by atoms with Crippen molar-refractivity contribution in [2.75, 3.05) is 7.11 Å². The Morgan fingerprint density at radius 2 is 1.62 bits per heavy atom. The first-order valence-electron chi connectivity index (χ1n) is 8.13. The van der Waals surface area contributed by atoms with Crippen molar-refractivity contribution < 1.29 is 23.6 Å². The van der Waals surface area contributed by atoms with E-state index in [1.54, 1.807) is 25.3 Å². The van der Waals surface area contributed by atoms with Gasteiger partial charge in [0.25, 0.3) is 0 Å². The molecule has 6 heteroatoms. The normalized spacial score (nSPS) is 19.2. The fraction of sp³-hybridized carbons (Fsp3) is 0.611. The predicted molar refractivity (Wildman–Crippen MR) is 93.9 cm³/mol. The van der Waals surface area contributed by atoms with Gasteiger partial charge in [-0.1, -0.05) is 6.07 Å². The zero-order valence-corrected chi connectivity index (χ0v) is 15.9. The van der Waals surface area contributed by atoms with Crippen LogP contribution in [0.2, 0.25) is 0 Å². The molecule has 1 aromatic carbocycles. The van der Waals surface area contributed by atoms with Gasteiger partial charge in [-0.25, -0.2) is 4.79 Å². The number of hydrogen-bond donors (Lipinski definition) is 0. The van der Waals surface area contributed by atoms with Gasteiger partial charge >= 0.3 is 13.1 Å². The smallest absolute Gasteiger partial charge is 0.495 e. The summed E-state index contributed by atoms with van der Waals surface area (Å²) >= 11 is 0. The maximum Gasteiger partial charge on any atom is 0.495 e. The molecule has 132 valence electrons. The molecular weight excluding hydrogens is 307 g/mol. The number of hydrogen-bond acceptors (Lipinski definition) is 5. The molecule has 1 heterocycles. The van der Waals surface area contributed by atoms with E-state index in [1.807, 2.05) is 48.5 Å². The highest BCUT2D eigenvalue weighted by Crippen LogP contribution is 2.37. The van der Waals surface area contributed by atoms with Gasteiger partial charge in [-0.05, 0) is 66.1 Å². The number of carbonyl (C=O) groups excluding carboxylic acids is 1. The van der Waals surface area contributed by atoms with E-state index in [0.29, 0.717) is 16.8 Å². The molecule has 0 radical (unpaired) electrons. The number of rotatable bonds is 3. The molecule has 0 aromatic heterocycles. The van der Waals surface area contributed by atoms with Crippen LogP contribution < -0.4 is 10.2 Å². The van der Waals surface area contributed by atoms with E-state index in [2.05, 4.69) is 0 Å². The molecule has 0 atom stereocenters. The number of ether oxygens (including phenoxy) is 2. The summed E-state index contributed by atoms with van der Waals surface area (Å²) in [6, 6.07) is 5.24. The summed E-state index contributed by atoms with van der Waals surface area (Å²) in [6.45, 7) is 13.4. The Labute approximate surface area is 144 Å². The fourth-order valence-corrected chi connectivity index (χ4v) is 2.35. The molecule has 0 spiro atoms. The van der Waals surface area contributed by atoms with Gasteiger partial charge in [-0.3, -0.25) is 0 Å². The van der Waals surface area contributed by atoms with E-state index in [9.17, 15) is 4.79 Å². The topological polar surface area (TPSA) is 54.0 Å². The lowest BCUT2D eigenvalue weighted by molar-refractivity contribution is 0.00578. The Balaban J connectivity index is 2.42. The van der Waals surface area contributed by atoms with Crippen molar-refractivity contribution in [3.8, 4) is 5.75 Å². The first-order valence-corrected chi connectivity index (χ1v) is 8.13. The Kier molecular flexibility index (Phi) is 4.77. The van der Waals surface area contributed by atoms with Crippen LogP contribution in [0.5, 0.6) is 5.75 Å². The van der Waals surface area contributed by atoms with Crippen molar-refractivity contribution in [1.29, 1.82) is 0 Å². The Morgan fingerprint density at radius 1 is 1.08 bits per heavy atom. The summed E-state index contributed by atoms with van der Waals surface area (Å²) in [6.07, 6.45) is 0. The van der Waals surface area contributed by atoms with Gasteiger partial charge in [0.15, 0.2) is 0 Å². The summed E-state index contributed by atoms with van der Waals surface area (Å²) in [5, 5.41) is 0. The van der Waals surface area contributed by atoms with Crippen molar-refractivity contribution in [3.05, 3.63) is 23.8 Å². The van der Waals surface area contributed by atoms with Crippen LogP contribution in [-0.4, -0.2) is 37.0 Å². The maximum atomic E-state index is 12.6. The molecule has 1 saturated heterocycles. The second-order valence-electron chi connectivity index (χ2n) is 8.04.